The topological polar surface area (TPSA) is 93.9 Å². The van der Waals surface area contributed by atoms with E-state index in [1.807, 2.05) is 30.3 Å². The highest BCUT2D eigenvalue weighted by Crippen LogP contribution is 2.18. The number of nitrogens with two attached hydrogens (primary N) is 1. The zero-order valence-corrected chi connectivity index (χ0v) is 17.1. The SMILES string of the molecule is COCCOc1ccccc1C(=O)NC(=S)N(CCC(N)=O)Cc1ccccc1. The highest BCUT2D eigenvalue weighted by molar-refractivity contribution is 7.80. The van der Waals surface area contributed by atoms with Crippen LogP contribution in [0.25, 0.3) is 0 Å². The lowest BCUT2D eigenvalue weighted by molar-refractivity contribution is -0.118. The molecule has 0 aliphatic carbocycles. The van der Waals surface area contributed by atoms with Gasteiger partial charge in [0.15, 0.2) is 5.11 Å². The maximum atomic E-state index is 12.8. The van der Waals surface area contributed by atoms with Crippen molar-refractivity contribution in [2.75, 3.05) is 26.9 Å². The number of ether oxygens (including phenoxy) is 2. The molecular weight excluding hydrogens is 390 g/mol. The number of carbonyl (C=O) groups excluding carboxylic acids is 2. The standard InChI is InChI=1S/C21H25N3O4S/c1-27-13-14-28-18-10-6-5-9-17(18)20(26)23-21(29)24(12-11-19(22)25)15-16-7-3-2-4-8-16/h2-10H,11-15H2,1H3,(H2,22,25)(H,23,26,29). The molecule has 2 amide bonds. The van der Waals surface area contributed by atoms with E-state index >= 15 is 0 Å². The van der Waals surface area contributed by atoms with Crippen molar-refractivity contribution in [2.45, 2.75) is 13.0 Å². The monoisotopic (exact) mass is 415 g/mol. The normalized spacial score (nSPS) is 10.2. The van der Waals surface area contributed by atoms with Gasteiger partial charge in [0.05, 0.1) is 12.2 Å². The number of amides is 2. The largest absolute Gasteiger partial charge is 0.490 e. The molecule has 0 aliphatic rings. The summed E-state index contributed by atoms with van der Waals surface area (Å²) in [5.74, 6) is -0.383. The summed E-state index contributed by atoms with van der Waals surface area (Å²) >= 11 is 5.43. The summed E-state index contributed by atoms with van der Waals surface area (Å²) in [6.07, 6.45) is 0.125. The summed E-state index contributed by atoms with van der Waals surface area (Å²) in [6.45, 7) is 1.48. The van der Waals surface area contributed by atoms with Crippen LogP contribution in [0, 0.1) is 0 Å². The molecule has 0 aliphatic heterocycles. The maximum Gasteiger partial charge on any atom is 0.261 e. The molecule has 0 unspecified atom stereocenters. The van der Waals surface area contributed by atoms with Gasteiger partial charge < -0.3 is 20.1 Å². The Labute approximate surface area is 175 Å². The Morgan fingerprint density at radius 2 is 1.76 bits per heavy atom. The molecule has 3 N–H and O–H groups in total. The number of carbonyl (C=O) groups is 2. The summed E-state index contributed by atoms with van der Waals surface area (Å²) < 4.78 is 10.6. The van der Waals surface area contributed by atoms with Gasteiger partial charge in [0.1, 0.15) is 12.4 Å². The number of nitrogens with one attached hydrogen (secondary N) is 1. The Balaban J connectivity index is 2.09. The molecule has 0 bridgehead atoms. The summed E-state index contributed by atoms with van der Waals surface area (Å²) in [4.78, 5) is 25.7. The van der Waals surface area contributed by atoms with Crippen molar-refractivity contribution in [1.29, 1.82) is 0 Å². The Bertz CT molecular complexity index is 830. The van der Waals surface area contributed by atoms with Crippen LogP contribution >= 0.6 is 12.2 Å². The van der Waals surface area contributed by atoms with Crippen molar-refractivity contribution in [3.8, 4) is 5.75 Å². The summed E-state index contributed by atoms with van der Waals surface area (Å²) in [5.41, 5.74) is 6.64. The molecule has 0 saturated heterocycles. The van der Waals surface area contributed by atoms with Gasteiger partial charge in [-0.1, -0.05) is 42.5 Å². The van der Waals surface area contributed by atoms with Crippen LogP contribution in [0.4, 0.5) is 0 Å². The molecule has 154 valence electrons. The molecule has 0 fully saturated rings. The highest BCUT2D eigenvalue weighted by Gasteiger charge is 2.18. The van der Waals surface area contributed by atoms with Crippen molar-refractivity contribution in [3.05, 3.63) is 65.7 Å². The van der Waals surface area contributed by atoms with E-state index in [2.05, 4.69) is 5.32 Å². The summed E-state index contributed by atoms with van der Waals surface area (Å²) in [5, 5.41) is 2.94. The van der Waals surface area contributed by atoms with E-state index in [1.165, 1.54) is 0 Å². The number of para-hydroxylation sites is 1. The van der Waals surface area contributed by atoms with Crippen LogP contribution in [0.3, 0.4) is 0 Å². The van der Waals surface area contributed by atoms with E-state index in [9.17, 15) is 9.59 Å². The van der Waals surface area contributed by atoms with Crippen molar-refractivity contribution < 1.29 is 19.1 Å². The Morgan fingerprint density at radius 1 is 1.07 bits per heavy atom. The van der Waals surface area contributed by atoms with E-state index in [-0.39, 0.29) is 17.4 Å². The third-order valence-corrected chi connectivity index (χ3v) is 4.39. The molecule has 29 heavy (non-hydrogen) atoms. The lowest BCUT2D eigenvalue weighted by Crippen LogP contribution is -2.43. The molecule has 2 aromatic carbocycles. The van der Waals surface area contributed by atoms with Gasteiger partial charge in [-0.2, -0.15) is 0 Å². The molecule has 2 aromatic rings. The van der Waals surface area contributed by atoms with Crippen molar-refractivity contribution in [2.24, 2.45) is 5.73 Å². The van der Waals surface area contributed by atoms with Gasteiger partial charge in [0, 0.05) is 26.6 Å². The molecule has 2 rings (SSSR count). The minimum absolute atomic E-state index is 0.125. The van der Waals surface area contributed by atoms with Crippen molar-refractivity contribution in [3.63, 3.8) is 0 Å². The van der Waals surface area contributed by atoms with E-state index in [0.29, 0.717) is 37.6 Å². The fourth-order valence-corrected chi connectivity index (χ4v) is 2.81. The van der Waals surface area contributed by atoms with Crippen molar-refractivity contribution >= 4 is 29.1 Å². The van der Waals surface area contributed by atoms with Crippen molar-refractivity contribution in [1.82, 2.24) is 10.2 Å². The van der Waals surface area contributed by atoms with Gasteiger partial charge in [0.2, 0.25) is 5.91 Å². The molecule has 0 atom stereocenters. The van der Waals surface area contributed by atoms with E-state index in [1.54, 1.807) is 36.3 Å². The second kappa shape index (κ2) is 11.8. The fraction of sp³-hybridized carbons (Fsp3) is 0.286. The minimum atomic E-state index is -0.436. The van der Waals surface area contributed by atoms with Crippen LogP contribution in [0.2, 0.25) is 0 Å². The summed E-state index contributed by atoms with van der Waals surface area (Å²) in [7, 11) is 1.58. The number of benzene rings is 2. The van der Waals surface area contributed by atoms with Gasteiger partial charge in [-0.3, -0.25) is 14.9 Å². The third-order valence-electron chi connectivity index (χ3n) is 4.03. The first kappa shape index (κ1) is 22.3. The molecule has 0 radical (unpaired) electrons. The summed E-state index contributed by atoms with van der Waals surface area (Å²) in [6, 6.07) is 16.5. The van der Waals surface area contributed by atoms with Gasteiger partial charge >= 0.3 is 0 Å². The van der Waals surface area contributed by atoms with Crippen LogP contribution < -0.4 is 15.8 Å². The lowest BCUT2D eigenvalue weighted by atomic mass is 10.2. The zero-order valence-electron chi connectivity index (χ0n) is 16.3. The number of rotatable bonds is 10. The average molecular weight is 416 g/mol. The Kier molecular flexibility index (Phi) is 9.07. The minimum Gasteiger partial charge on any atom is -0.490 e. The average Bonchev–Trinajstić information content (AvgIpc) is 2.72. The third kappa shape index (κ3) is 7.52. The van der Waals surface area contributed by atoms with Gasteiger partial charge in [-0.15, -0.1) is 0 Å². The number of nitrogens with zero attached hydrogens (tertiary/aromatic N) is 1. The predicted octanol–water partition coefficient (Wildman–Crippen LogP) is 2.10. The molecule has 7 nitrogen and oxygen atoms in total. The van der Waals surface area contributed by atoms with Crippen LogP contribution in [0.1, 0.15) is 22.3 Å². The highest BCUT2D eigenvalue weighted by atomic mass is 32.1. The van der Waals surface area contributed by atoms with Crippen LogP contribution in [-0.2, 0) is 16.1 Å². The molecule has 8 heteroatoms. The van der Waals surface area contributed by atoms with E-state index < -0.39 is 5.91 Å². The van der Waals surface area contributed by atoms with Gasteiger partial charge in [0.25, 0.3) is 5.91 Å². The van der Waals surface area contributed by atoms with Crippen LogP contribution in [-0.4, -0.2) is 48.7 Å². The Hall–Kier alpha value is -2.97. The second-order valence-corrected chi connectivity index (χ2v) is 6.61. The van der Waals surface area contributed by atoms with E-state index in [4.69, 9.17) is 27.4 Å². The maximum absolute atomic E-state index is 12.8. The number of hydrogen-bond donors (Lipinski definition) is 2. The molecule has 0 aromatic heterocycles. The zero-order chi connectivity index (χ0) is 21.1. The number of hydrogen-bond acceptors (Lipinski definition) is 5. The smallest absolute Gasteiger partial charge is 0.261 e. The fourth-order valence-electron chi connectivity index (χ4n) is 2.56. The van der Waals surface area contributed by atoms with Crippen LogP contribution in [0.5, 0.6) is 5.75 Å². The van der Waals surface area contributed by atoms with Gasteiger partial charge in [-0.25, -0.2) is 0 Å². The Morgan fingerprint density at radius 3 is 2.45 bits per heavy atom. The molecule has 0 saturated carbocycles. The first-order chi connectivity index (χ1) is 14.0. The molecule has 0 heterocycles. The van der Waals surface area contributed by atoms with Gasteiger partial charge in [-0.05, 0) is 29.9 Å². The molecule has 0 spiro atoms. The first-order valence-corrected chi connectivity index (χ1v) is 9.55. The molecular formula is C21H25N3O4S. The number of primary amides is 1. The first-order valence-electron chi connectivity index (χ1n) is 9.14. The van der Waals surface area contributed by atoms with Crippen LogP contribution in [0.15, 0.2) is 54.6 Å². The van der Waals surface area contributed by atoms with E-state index in [0.717, 1.165) is 5.56 Å². The lowest BCUT2D eigenvalue weighted by Gasteiger charge is -2.25. The number of methoxy groups -OCH3 is 1. The number of thiocarbonyl (C=S) groups is 1. The predicted molar refractivity (Wildman–Crippen MR) is 115 cm³/mol. The second-order valence-electron chi connectivity index (χ2n) is 6.22. The quantitative estimate of drug-likeness (QED) is 0.456.